The summed E-state index contributed by atoms with van der Waals surface area (Å²) in [6.45, 7) is 2.75. The monoisotopic (exact) mass is 232 g/mol. The molecule has 2 unspecified atom stereocenters. The Morgan fingerprint density at radius 1 is 1.46 bits per heavy atom. The van der Waals surface area contributed by atoms with Crippen molar-refractivity contribution in [2.24, 2.45) is 0 Å². The Morgan fingerprint density at radius 3 is 2.38 bits per heavy atom. The Hall–Kier alpha value is -0.0200. The van der Waals surface area contributed by atoms with Gasteiger partial charge in [0, 0.05) is 0 Å². The molecule has 6 nitrogen and oxygen atoms in total. The summed E-state index contributed by atoms with van der Waals surface area (Å²) in [5, 5.41) is 0. The molecule has 0 spiro atoms. The molecule has 0 rings (SSSR count). The van der Waals surface area contributed by atoms with Crippen molar-refractivity contribution in [3.8, 4) is 0 Å². The normalized spacial score (nSPS) is 16.8. The number of hydrogen-bond donors (Lipinski definition) is 0. The highest BCUT2D eigenvalue weighted by molar-refractivity contribution is 7.87. The minimum atomic E-state index is -3.81. The van der Waals surface area contributed by atoms with Gasteiger partial charge >= 0.3 is 11.4 Å². The van der Waals surface area contributed by atoms with Gasteiger partial charge in [0.1, 0.15) is 0 Å². The highest BCUT2D eigenvalue weighted by atomic mass is 32.2. The van der Waals surface area contributed by atoms with E-state index in [1.807, 2.05) is 0 Å². The van der Waals surface area contributed by atoms with Crippen LogP contribution in [0.3, 0.4) is 0 Å². The summed E-state index contributed by atoms with van der Waals surface area (Å²) in [7, 11) is -2.68. The van der Waals surface area contributed by atoms with Crippen LogP contribution in [-0.2, 0) is 34.0 Å². The fourth-order valence-electron chi connectivity index (χ4n) is 0.458. The molecule has 0 amide bonds. The molecular formula is C5H12O6S2. The lowest BCUT2D eigenvalue weighted by atomic mass is 10.9. The minimum absolute atomic E-state index is 0.00957. The van der Waals surface area contributed by atoms with Crippen LogP contribution in [0.4, 0.5) is 0 Å². The smallest absolute Gasteiger partial charge is 0.272 e. The average Bonchev–Trinajstić information content (AvgIpc) is 2.04. The zero-order valence-electron chi connectivity index (χ0n) is 7.55. The fraction of sp³-hybridized carbons (Fsp3) is 1.00. The van der Waals surface area contributed by atoms with Crippen LogP contribution in [0.25, 0.3) is 0 Å². The zero-order valence-corrected chi connectivity index (χ0v) is 9.18. The molecule has 0 aromatic carbocycles. The van der Waals surface area contributed by atoms with Crippen molar-refractivity contribution in [3.05, 3.63) is 0 Å². The lowest BCUT2D eigenvalue weighted by molar-refractivity contribution is 0.235. The molecule has 13 heavy (non-hydrogen) atoms. The molecule has 0 fully saturated rings. The molecule has 0 saturated carbocycles. The van der Waals surface area contributed by atoms with Gasteiger partial charge in [-0.15, -0.1) is 0 Å². The molecular weight excluding hydrogens is 220 g/mol. The standard InChI is InChI=1S/C5H12O6S2/c1-4-10-13(7,8)5(2)11-12(6)9-3/h5H,4H2,1-3H3. The first kappa shape index (κ1) is 13.0. The first-order chi connectivity index (χ1) is 5.94. The fourth-order valence-corrected chi connectivity index (χ4v) is 1.86. The van der Waals surface area contributed by atoms with Crippen molar-refractivity contribution < 1.29 is 25.2 Å². The van der Waals surface area contributed by atoms with Crippen LogP contribution in [0.5, 0.6) is 0 Å². The van der Waals surface area contributed by atoms with Crippen LogP contribution in [-0.4, -0.2) is 31.8 Å². The topological polar surface area (TPSA) is 78.9 Å². The third-order valence-electron chi connectivity index (χ3n) is 1.04. The van der Waals surface area contributed by atoms with Crippen LogP contribution in [0, 0.1) is 0 Å². The largest absolute Gasteiger partial charge is 0.305 e. The molecule has 0 aliphatic carbocycles. The van der Waals surface area contributed by atoms with Gasteiger partial charge in [0.2, 0.25) is 0 Å². The van der Waals surface area contributed by atoms with Crippen LogP contribution < -0.4 is 0 Å². The SMILES string of the molecule is CCOS(=O)(=O)C(C)OS(=O)OC. The second-order valence-electron chi connectivity index (χ2n) is 1.93. The molecule has 8 heteroatoms. The Labute approximate surface area is 80.2 Å². The van der Waals surface area contributed by atoms with Gasteiger partial charge < -0.3 is 0 Å². The number of rotatable bonds is 6. The van der Waals surface area contributed by atoms with Gasteiger partial charge in [-0.3, -0.25) is 8.37 Å². The van der Waals surface area contributed by atoms with E-state index in [-0.39, 0.29) is 6.61 Å². The van der Waals surface area contributed by atoms with Gasteiger partial charge in [0.15, 0.2) is 5.44 Å². The Balaban J connectivity index is 4.25. The van der Waals surface area contributed by atoms with E-state index in [9.17, 15) is 12.6 Å². The van der Waals surface area contributed by atoms with E-state index in [4.69, 9.17) is 0 Å². The molecule has 0 radical (unpaired) electrons. The summed E-state index contributed by atoms with van der Waals surface area (Å²) in [5.74, 6) is 0. The van der Waals surface area contributed by atoms with E-state index in [1.165, 1.54) is 13.8 Å². The van der Waals surface area contributed by atoms with Crippen molar-refractivity contribution in [2.45, 2.75) is 19.3 Å². The van der Waals surface area contributed by atoms with Gasteiger partial charge in [0.25, 0.3) is 10.1 Å². The van der Waals surface area contributed by atoms with E-state index in [1.54, 1.807) is 0 Å². The predicted octanol–water partition coefficient (Wildman–Crippen LogP) is -0.0596. The van der Waals surface area contributed by atoms with Gasteiger partial charge in [-0.2, -0.15) is 12.6 Å². The quantitative estimate of drug-likeness (QED) is 0.597. The van der Waals surface area contributed by atoms with Crippen LogP contribution >= 0.6 is 0 Å². The summed E-state index contributed by atoms with van der Waals surface area (Å²) in [4.78, 5) is 0. The second-order valence-corrected chi connectivity index (χ2v) is 4.75. The molecule has 0 aromatic heterocycles. The van der Waals surface area contributed by atoms with Crippen molar-refractivity contribution in [3.63, 3.8) is 0 Å². The van der Waals surface area contributed by atoms with E-state index in [0.717, 1.165) is 7.11 Å². The molecule has 0 aliphatic heterocycles. The summed E-state index contributed by atoms with van der Waals surface area (Å²) in [6.07, 6.45) is 0. The molecule has 0 aromatic rings. The van der Waals surface area contributed by atoms with Crippen molar-refractivity contribution in [1.29, 1.82) is 0 Å². The maximum atomic E-state index is 11.0. The van der Waals surface area contributed by atoms with E-state index in [0.29, 0.717) is 0 Å². The maximum Gasteiger partial charge on any atom is 0.305 e. The molecule has 2 atom stereocenters. The minimum Gasteiger partial charge on any atom is -0.272 e. The lowest BCUT2D eigenvalue weighted by Gasteiger charge is -2.10. The Morgan fingerprint density at radius 2 is 2.00 bits per heavy atom. The van der Waals surface area contributed by atoms with Gasteiger partial charge in [-0.05, 0) is 13.8 Å². The highest BCUT2D eigenvalue weighted by Crippen LogP contribution is 2.07. The van der Waals surface area contributed by atoms with Gasteiger partial charge in [-0.25, -0.2) is 4.18 Å². The molecule has 0 saturated heterocycles. The van der Waals surface area contributed by atoms with Gasteiger partial charge in [0.05, 0.1) is 13.7 Å². The molecule has 0 bridgehead atoms. The van der Waals surface area contributed by atoms with Gasteiger partial charge in [-0.1, -0.05) is 0 Å². The molecule has 0 heterocycles. The predicted molar refractivity (Wildman–Crippen MR) is 46.2 cm³/mol. The second kappa shape index (κ2) is 5.66. The summed E-state index contributed by atoms with van der Waals surface area (Å²) in [6, 6.07) is 0. The van der Waals surface area contributed by atoms with E-state index in [2.05, 4.69) is 12.5 Å². The first-order valence-electron chi connectivity index (χ1n) is 3.45. The summed E-state index contributed by atoms with van der Waals surface area (Å²) in [5.41, 5.74) is -1.31. The van der Waals surface area contributed by atoms with Crippen molar-refractivity contribution in [2.75, 3.05) is 13.7 Å². The lowest BCUT2D eigenvalue weighted by Crippen LogP contribution is -2.24. The van der Waals surface area contributed by atoms with Crippen LogP contribution in [0.15, 0.2) is 0 Å². The zero-order chi connectivity index (χ0) is 10.5. The number of hydrogen-bond acceptors (Lipinski definition) is 6. The third-order valence-corrected chi connectivity index (χ3v) is 3.35. The maximum absolute atomic E-state index is 11.0. The van der Waals surface area contributed by atoms with E-state index < -0.39 is 26.9 Å². The Bertz CT molecular complexity index is 258. The summed E-state index contributed by atoms with van der Waals surface area (Å²) < 4.78 is 45.8. The molecule has 80 valence electrons. The summed E-state index contributed by atoms with van der Waals surface area (Å²) >= 11 is -2.07. The van der Waals surface area contributed by atoms with Crippen LogP contribution in [0.1, 0.15) is 13.8 Å². The van der Waals surface area contributed by atoms with Crippen molar-refractivity contribution in [1.82, 2.24) is 0 Å². The molecule has 0 aliphatic rings. The Kier molecular flexibility index (Phi) is 5.65. The van der Waals surface area contributed by atoms with Crippen LogP contribution in [0.2, 0.25) is 0 Å². The molecule has 0 N–H and O–H groups in total. The van der Waals surface area contributed by atoms with Crippen molar-refractivity contribution >= 4 is 21.5 Å². The highest BCUT2D eigenvalue weighted by Gasteiger charge is 2.24. The first-order valence-corrected chi connectivity index (χ1v) is 5.92. The third kappa shape index (κ3) is 4.67. The van der Waals surface area contributed by atoms with E-state index >= 15 is 0 Å². The average molecular weight is 232 g/mol.